The van der Waals surface area contributed by atoms with Crippen molar-refractivity contribution in [3.8, 4) is 0 Å². The molecule has 5 nitrogen and oxygen atoms in total. The molecule has 1 unspecified atom stereocenters. The number of nitrogens with one attached hydrogen (secondary N) is 2. The average Bonchev–Trinajstić information content (AvgIpc) is 2.45. The van der Waals surface area contributed by atoms with Crippen molar-refractivity contribution >= 4 is 11.8 Å². The number of carbonyl (C=O) groups is 2. The zero-order valence-electron chi connectivity index (χ0n) is 12.9. The summed E-state index contributed by atoms with van der Waals surface area (Å²) in [6.07, 6.45) is 0. The van der Waals surface area contributed by atoms with Gasteiger partial charge in [-0.3, -0.25) is 9.59 Å². The number of hydrogen-bond donors (Lipinski definition) is 2. The van der Waals surface area contributed by atoms with Crippen LogP contribution < -0.4 is 10.6 Å². The maximum Gasteiger partial charge on any atom is 0.254 e. The van der Waals surface area contributed by atoms with E-state index in [9.17, 15) is 9.59 Å². The zero-order chi connectivity index (χ0) is 15.4. The first-order chi connectivity index (χ1) is 10.0. The molecule has 1 aromatic carbocycles. The second-order valence-corrected chi connectivity index (χ2v) is 5.49. The van der Waals surface area contributed by atoms with Gasteiger partial charge in [-0.15, -0.1) is 0 Å². The van der Waals surface area contributed by atoms with Gasteiger partial charge in [-0.1, -0.05) is 17.2 Å². The van der Waals surface area contributed by atoms with Crippen LogP contribution in [0, 0.1) is 13.8 Å². The molecule has 114 valence electrons. The van der Waals surface area contributed by atoms with E-state index < -0.39 is 6.04 Å². The van der Waals surface area contributed by atoms with Crippen molar-refractivity contribution in [1.29, 1.82) is 0 Å². The molecule has 0 aliphatic carbocycles. The minimum atomic E-state index is -0.438. The van der Waals surface area contributed by atoms with Crippen molar-refractivity contribution in [2.45, 2.75) is 26.8 Å². The Hall–Kier alpha value is -1.88. The van der Waals surface area contributed by atoms with E-state index in [1.165, 1.54) is 0 Å². The van der Waals surface area contributed by atoms with Crippen molar-refractivity contribution in [2.24, 2.45) is 0 Å². The van der Waals surface area contributed by atoms with E-state index in [1.54, 1.807) is 4.90 Å². The van der Waals surface area contributed by atoms with E-state index in [0.717, 1.165) is 11.1 Å². The van der Waals surface area contributed by atoms with E-state index >= 15 is 0 Å². The Morgan fingerprint density at radius 3 is 2.57 bits per heavy atom. The summed E-state index contributed by atoms with van der Waals surface area (Å²) in [5.74, 6) is -0.165. The molecule has 2 rings (SSSR count). The van der Waals surface area contributed by atoms with Crippen LogP contribution in [0.5, 0.6) is 0 Å². The molecular weight excluding hydrogens is 266 g/mol. The lowest BCUT2D eigenvalue weighted by Crippen LogP contribution is -2.59. The number of likely N-dealkylation sites (N-methyl/N-ethyl adjacent to an activating group) is 1. The van der Waals surface area contributed by atoms with Crippen LogP contribution in [0.4, 0.5) is 0 Å². The van der Waals surface area contributed by atoms with Crippen molar-refractivity contribution in [2.75, 3.05) is 26.2 Å². The van der Waals surface area contributed by atoms with E-state index in [0.29, 0.717) is 31.7 Å². The van der Waals surface area contributed by atoms with Crippen molar-refractivity contribution in [1.82, 2.24) is 15.5 Å². The average molecular weight is 289 g/mol. The number of rotatable bonds is 3. The highest BCUT2D eigenvalue weighted by atomic mass is 16.2. The molecule has 1 atom stereocenters. The Labute approximate surface area is 125 Å². The highest BCUT2D eigenvalue weighted by Crippen LogP contribution is 2.14. The molecule has 1 fully saturated rings. The minimum absolute atomic E-state index is 0.0699. The van der Waals surface area contributed by atoms with E-state index in [1.807, 2.05) is 39.0 Å². The summed E-state index contributed by atoms with van der Waals surface area (Å²) in [7, 11) is 0. The molecule has 1 aromatic rings. The zero-order valence-corrected chi connectivity index (χ0v) is 12.9. The van der Waals surface area contributed by atoms with Crippen molar-refractivity contribution in [3.63, 3.8) is 0 Å². The first kappa shape index (κ1) is 15.5. The summed E-state index contributed by atoms with van der Waals surface area (Å²) in [6.45, 7) is 8.17. The van der Waals surface area contributed by atoms with Gasteiger partial charge in [0.15, 0.2) is 0 Å². The fourth-order valence-electron chi connectivity index (χ4n) is 2.74. The lowest BCUT2D eigenvalue weighted by atomic mass is 10.0. The van der Waals surface area contributed by atoms with Crippen molar-refractivity contribution < 1.29 is 9.59 Å². The molecular formula is C16H23N3O2. The maximum absolute atomic E-state index is 12.7. The van der Waals surface area contributed by atoms with Gasteiger partial charge in [0.05, 0.1) is 0 Å². The van der Waals surface area contributed by atoms with Crippen LogP contribution in [0.3, 0.4) is 0 Å². The number of hydrogen-bond acceptors (Lipinski definition) is 3. The molecule has 0 aromatic heterocycles. The lowest BCUT2D eigenvalue weighted by Gasteiger charge is -2.35. The SMILES string of the molecule is CCNC(=O)C1CNCCN1C(=O)c1cc(C)cc(C)c1. The first-order valence-corrected chi connectivity index (χ1v) is 7.40. The van der Waals surface area contributed by atoms with Gasteiger partial charge in [0.1, 0.15) is 6.04 Å². The predicted octanol–water partition coefficient (Wildman–Crippen LogP) is 0.854. The quantitative estimate of drug-likeness (QED) is 0.867. The fourth-order valence-corrected chi connectivity index (χ4v) is 2.74. The molecule has 0 saturated carbocycles. The van der Waals surface area contributed by atoms with Gasteiger partial charge in [-0.25, -0.2) is 0 Å². The molecule has 0 radical (unpaired) electrons. The first-order valence-electron chi connectivity index (χ1n) is 7.40. The number of carbonyl (C=O) groups excluding carboxylic acids is 2. The Bertz CT molecular complexity index is 522. The molecule has 2 amide bonds. The molecule has 1 aliphatic heterocycles. The van der Waals surface area contributed by atoms with Crippen LogP contribution in [-0.4, -0.2) is 48.9 Å². The van der Waals surface area contributed by atoms with E-state index in [4.69, 9.17) is 0 Å². The smallest absolute Gasteiger partial charge is 0.254 e. The standard InChI is InChI=1S/C16H23N3O2/c1-4-18-15(20)14-10-17-5-6-19(14)16(21)13-8-11(2)7-12(3)9-13/h7-9,14,17H,4-6,10H2,1-3H3,(H,18,20). The highest BCUT2D eigenvalue weighted by molar-refractivity contribution is 5.98. The third-order valence-corrected chi connectivity index (χ3v) is 3.63. The van der Waals surface area contributed by atoms with Crippen LogP contribution in [0.15, 0.2) is 18.2 Å². The molecule has 0 spiro atoms. The summed E-state index contributed by atoms with van der Waals surface area (Å²) >= 11 is 0. The summed E-state index contributed by atoms with van der Waals surface area (Å²) in [5, 5.41) is 5.98. The van der Waals surface area contributed by atoms with Gasteiger partial charge >= 0.3 is 0 Å². The summed E-state index contributed by atoms with van der Waals surface area (Å²) in [5.41, 5.74) is 2.77. The van der Waals surface area contributed by atoms with Gasteiger partial charge in [0.25, 0.3) is 5.91 Å². The molecule has 2 N–H and O–H groups in total. The fraction of sp³-hybridized carbons (Fsp3) is 0.500. The number of amides is 2. The minimum Gasteiger partial charge on any atom is -0.355 e. The maximum atomic E-state index is 12.7. The third kappa shape index (κ3) is 3.61. The lowest BCUT2D eigenvalue weighted by molar-refractivity contribution is -0.126. The molecule has 0 bridgehead atoms. The molecule has 1 saturated heterocycles. The summed E-state index contributed by atoms with van der Waals surface area (Å²) < 4.78 is 0. The molecule has 5 heteroatoms. The van der Waals surface area contributed by atoms with Crippen LogP contribution in [0.1, 0.15) is 28.4 Å². The van der Waals surface area contributed by atoms with Crippen LogP contribution in [0.25, 0.3) is 0 Å². The molecule has 1 heterocycles. The Morgan fingerprint density at radius 1 is 1.29 bits per heavy atom. The topological polar surface area (TPSA) is 61.4 Å². The monoisotopic (exact) mass is 289 g/mol. The highest BCUT2D eigenvalue weighted by Gasteiger charge is 2.32. The van der Waals surface area contributed by atoms with Crippen molar-refractivity contribution in [3.05, 3.63) is 34.9 Å². The van der Waals surface area contributed by atoms with Crippen LogP contribution in [0.2, 0.25) is 0 Å². The largest absolute Gasteiger partial charge is 0.355 e. The summed E-state index contributed by atoms with van der Waals surface area (Å²) in [4.78, 5) is 26.6. The third-order valence-electron chi connectivity index (χ3n) is 3.63. The Kier molecular flexibility index (Phi) is 4.96. The van der Waals surface area contributed by atoms with Gasteiger partial charge in [-0.2, -0.15) is 0 Å². The second kappa shape index (κ2) is 6.72. The molecule has 1 aliphatic rings. The van der Waals surface area contributed by atoms with Gasteiger partial charge in [0.2, 0.25) is 5.91 Å². The summed E-state index contributed by atoms with van der Waals surface area (Å²) in [6, 6.07) is 5.36. The van der Waals surface area contributed by atoms with Crippen LogP contribution >= 0.6 is 0 Å². The van der Waals surface area contributed by atoms with Gasteiger partial charge in [-0.05, 0) is 32.9 Å². The van der Waals surface area contributed by atoms with Crippen LogP contribution in [-0.2, 0) is 4.79 Å². The number of aryl methyl sites for hydroxylation is 2. The van der Waals surface area contributed by atoms with E-state index in [2.05, 4.69) is 10.6 Å². The Morgan fingerprint density at radius 2 is 1.95 bits per heavy atom. The number of nitrogens with zero attached hydrogens (tertiary/aromatic N) is 1. The van der Waals surface area contributed by atoms with Gasteiger partial charge in [0, 0.05) is 31.7 Å². The second-order valence-electron chi connectivity index (χ2n) is 5.49. The normalized spacial score (nSPS) is 18.4. The molecule has 21 heavy (non-hydrogen) atoms. The Balaban J connectivity index is 2.24. The van der Waals surface area contributed by atoms with Gasteiger partial charge < -0.3 is 15.5 Å². The van der Waals surface area contributed by atoms with E-state index in [-0.39, 0.29) is 11.8 Å². The number of benzene rings is 1. The predicted molar refractivity (Wildman–Crippen MR) is 82.3 cm³/mol. The number of piperazine rings is 1.